The molecule has 1 rings (SSSR count). The van der Waals surface area contributed by atoms with Gasteiger partial charge in [-0.1, -0.05) is 0 Å². The molecule has 0 unspecified atom stereocenters. The zero-order valence-electron chi connectivity index (χ0n) is 7.74. The summed E-state index contributed by atoms with van der Waals surface area (Å²) in [5, 5.41) is 0. The number of carbonyl (C=O) groups is 1. The Morgan fingerprint density at radius 2 is 2.38 bits per heavy atom. The van der Waals surface area contributed by atoms with Gasteiger partial charge >= 0.3 is 6.09 Å². The first kappa shape index (κ1) is 9.64. The molecule has 0 aliphatic heterocycles. The number of rotatable bonds is 3. The van der Waals surface area contributed by atoms with Gasteiger partial charge in [-0.15, -0.1) is 0 Å². The van der Waals surface area contributed by atoms with Crippen molar-refractivity contribution in [3.8, 4) is 0 Å². The fourth-order valence-corrected chi connectivity index (χ4v) is 1.19. The van der Waals surface area contributed by atoms with Gasteiger partial charge in [0.1, 0.15) is 5.60 Å². The van der Waals surface area contributed by atoms with Crippen LogP contribution in [-0.2, 0) is 11.2 Å². The summed E-state index contributed by atoms with van der Waals surface area (Å²) in [6.45, 7) is 3.59. The summed E-state index contributed by atoms with van der Waals surface area (Å²) in [4.78, 5) is 10.5. The van der Waals surface area contributed by atoms with E-state index in [2.05, 4.69) is 0 Å². The molecule has 0 radical (unpaired) electrons. The lowest BCUT2D eigenvalue weighted by molar-refractivity contribution is 0.0459. The molecule has 2 N–H and O–H groups in total. The number of hydrogen-bond acceptors (Lipinski definition) is 3. The van der Waals surface area contributed by atoms with Crippen LogP contribution >= 0.6 is 0 Å². The smallest absolute Gasteiger partial charge is 0.405 e. The topological polar surface area (TPSA) is 65.5 Å². The van der Waals surface area contributed by atoms with E-state index in [9.17, 15) is 4.79 Å². The van der Waals surface area contributed by atoms with Gasteiger partial charge in [-0.05, 0) is 25.5 Å². The highest BCUT2D eigenvalue weighted by Gasteiger charge is 2.22. The summed E-state index contributed by atoms with van der Waals surface area (Å²) in [5.74, 6) is 0. The summed E-state index contributed by atoms with van der Waals surface area (Å²) in [6, 6.07) is 1.83. The van der Waals surface area contributed by atoms with Crippen LogP contribution in [0.2, 0.25) is 0 Å². The third-order valence-corrected chi connectivity index (χ3v) is 1.59. The van der Waals surface area contributed by atoms with Crippen LogP contribution in [0.15, 0.2) is 23.0 Å². The van der Waals surface area contributed by atoms with Gasteiger partial charge in [0.2, 0.25) is 0 Å². The fraction of sp³-hybridized carbons (Fsp3) is 0.444. The van der Waals surface area contributed by atoms with Crippen molar-refractivity contribution in [2.45, 2.75) is 25.9 Å². The molecule has 13 heavy (non-hydrogen) atoms. The second-order valence-corrected chi connectivity index (χ2v) is 3.49. The van der Waals surface area contributed by atoms with Crippen LogP contribution in [0.4, 0.5) is 4.79 Å². The summed E-state index contributed by atoms with van der Waals surface area (Å²) < 4.78 is 9.80. The highest BCUT2D eigenvalue weighted by atomic mass is 16.6. The second kappa shape index (κ2) is 3.51. The van der Waals surface area contributed by atoms with Crippen LogP contribution in [0.3, 0.4) is 0 Å². The van der Waals surface area contributed by atoms with Gasteiger partial charge in [-0.3, -0.25) is 0 Å². The minimum atomic E-state index is -0.756. The molecule has 0 saturated carbocycles. The number of carbonyl (C=O) groups excluding carboxylic acids is 1. The summed E-state index contributed by atoms with van der Waals surface area (Å²) >= 11 is 0. The van der Waals surface area contributed by atoms with Crippen LogP contribution in [0.5, 0.6) is 0 Å². The number of furan rings is 1. The van der Waals surface area contributed by atoms with Crippen molar-refractivity contribution in [1.82, 2.24) is 0 Å². The number of primary amides is 1. The number of ether oxygens (including phenoxy) is 1. The Morgan fingerprint density at radius 3 is 2.85 bits per heavy atom. The maximum Gasteiger partial charge on any atom is 0.405 e. The average molecular weight is 183 g/mol. The predicted molar refractivity (Wildman–Crippen MR) is 47.2 cm³/mol. The summed E-state index contributed by atoms with van der Waals surface area (Å²) in [5.41, 5.74) is 5.31. The van der Waals surface area contributed by atoms with Crippen molar-refractivity contribution in [2.75, 3.05) is 0 Å². The first-order valence-corrected chi connectivity index (χ1v) is 3.99. The Kier molecular flexibility index (Phi) is 2.60. The Bertz CT molecular complexity index is 277. The van der Waals surface area contributed by atoms with Crippen molar-refractivity contribution in [3.05, 3.63) is 24.2 Å². The zero-order valence-corrected chi connectivity index (χ0v) is 7.74. The Hall–Kier alpha value is -1.45. The fourth-order valence-electron chi connectivity index (χ4n) is 1.19. The van der Waals surface area contributed by atoms with Crippen molar-refractivity contribution in [3.63, 3.8) is 0 Å². The molecule has 0 spiro atoms. The molecule has 4 heteroatoms. The van der Waals surface area contributed by atoms with Crippen molar-refractivity contribution in [1.29, 1.82) is 0 Å². The molecule has 0 bridgehead atoms. The van der Waals surface area contributed by atoms with E-state index in [1.807, 2.05) is 6.07 Å². The van der Waals surface area contributed by atoms with Crippen LogP contribution < -0.4 is 5.73 Å². The first-order valence-electron chi connectivity index (χ1n) is 3.99. The van der Waals surface area contributed by atoms with E-state index < -0.39 is 11.7 Å². The van der Waals surface area contributed by atoms with Gasteiger partial charge < -0.3 is 14.9 Å². The molecule has 0 atom stereocenters. The standard InChI is InChI=1S/C9H13NO3/c1-9(2,13-8(10)11)5-7-3-4-12-6-7/h3-4,6H,5H2,1-2H3,(H2,10,11). The number of nitrogens with two attached hydrogens (primary N) is 1. The van der Waals surface area contributed by atoms with E-state index in [0.29, 0.717) is 6.42 Å². The molecule has 72 valence electrons. The molecule has 1 aromatic rings. The lowest BCUT2D eigenvalue weighted by atomic mass is 10.0. The van der Waals surface area contributed by atoms with Crippen molar-refractivity contribution in [2.24, 2.45) is 5.73 Å². The zero-order chi connectivity index (χ0) is 9.90. The Labute approximate surface area is 76.7 Å². The van der Waals surface area contributed by atoms with Crippen molar-refractivity contribution >= 4 is 6.09 Å². The summed E-state index contributed by atoms with van der Waals surface area (Å²) in [6.07, 6.45) is 3.03. The predicted octanol–water partition coefficient (Wildman–Crippen LogP) is 1.70. The number of hydrogen-bond donors (Lipinski definition) is 1. The van der Waals surface area contributed by atoms with Gasteiger partial charge in [0.05, 0.1) is 12.5 Å². The van der Waals surface area contributed by atoms with Gasteiger partial charge in [-0.25, -0.2) is 4.79 Å². The molecule has 1 heterocycles. The Balaban J connectivity index is 2.56. The van der Waals surface area contributed by atoms with Gasteiger partial charge in [-0.2, -0.15) is 0 Å². The molecular formula is C9H13NO3. The quantitative estimate of drug-likeness (QED) is 0.775. The lowest BCUT2D eigenvalue weighted by Gasteiger charge is -2.22. The van der Waals surface area contributed by atoms with E-state index in [-0.39, 0.29) is 0 Å². The van der Waals surface area contributed by atoms with Gasteiger partial charge in [0.15, 0.2) is 0 Å². The van der Waals surface area contributed by atoms with Crippen LogP contribution in [0.1, 0.15) is 19.4 Å². The van der Waals surface area contributed by atoms with Crippen LogP contribution in [-0.4, -0.2) is 11.7 Å². The SMILES string of the molecule is CC(C)(Cc1ccoc1)OC(N)=O. The largest absolute Gasteiger partial charge is 0.472 e. The normalized spacial score (nSPS) is 11.2. The third kappa shape index (κ3) is 3.19. The van der Waals surface area contributed by atoms with E-state index in [1.165, 1.54) is 0 Å². The monoisotopic (exact) mass is 183 g/mol. The maximum absolute atomic E-state index is 10.5. The van der Waals surface area contributed by atoms with Crippen molar-refractivity contribution < 1.29 is 13.9 Å². The van der Waals surface area contributed by atoms with Gasteiger partial charge in [0, 0.05) is 6.42 Å². The average Bonchev–Trinajstić information content (AvgIpc) is 2.34. The van der Waals surface area contributed by atoms with E-state index >= 15 is 0 Å². The van der Waals surface area contributed by atoms with E-state index in [0.717, 1.165) is 5.56 Å². The lowest BCUT2D eigenvalue weighted by Crippen LogP contribution is -2.33. The van der Waals surface area contributed by atoms with E-state index in [4.69, 9.17) is 14.9 Å². The van der Waals surface area contributed by atoms with Gasteiger partial charge in [0.25, 0.3) is 0 Å². The van der Waals surface area contributed by atoms with Crippen LogP contribution in [0.25, 0.3) is 0 Å². The molecule has 0 saturated heterocycles. The summed E-state index contributed by atoms with van der Waals surface area (Å²) in [7, 11) is 0. The molecule has 4 nitrogen and oxygen atoms in total. The first-order chi connectivity index (χ1) is 5.99. The van der Waals surface area contributed by atoms with Crippen LogP contribution in [0, 0.1) is 0 Å². The molecule has 0 aliphatic rings. The highest BCUT2D eigenvalue weighted by molar-refractivity contribution is 5.65. The maximum atomic E-state index is 10.5. The molecule has 0 aliphatic carbocycles. The minimum absolute atomic E-state index is 0.588. The number of amides is 1. The Morgan fingerprint density at radius 1 is 1.69 bits per heavy atom. The molecule has 1 amide bonds. The molecule has 0 aromatic carbocycles. The van der Waals surface area contributed by atoms with E-state index in [1.54, 1.807) is 26.4 Å². The molecule has 1 aromatic heterocycles. The minimum Gasteiger partial charge on any atom is -0.472 e. The third-order valence-electron chi connectivity index (χ3n) is 1.59. The second-order valence-electron chi connectivity index (χ2n) is 3.49. The molecule has 0 fully saturated rings. The molecular weight excluding hydrogens is 170 g/mol. The highest BCUT2D eigenvalue weighted by Crippen LogP contribution is 2.16.